The molecule has 0 aliphatic carbocycles. The SMILES string of the molecule is NS(=O)(=O)OCc1cc(Cl)cc(C(F)(F)F)c1. The summed E-state index contributed by atoms with van der Waals surface area (Å²) < 4.78 is 62.2. The Balaban J connectivity index is 2.98. The van der Waals surface area contributed by atoms with E-state index in [-0.39, 0.29) is 10.6 Å². The van der Waals surface area contributed by atoms with Crippen molar-refractivity contribution >= 4 is 21.9 Å². The van der Waals surface area contributed by atoms with Gasteiger partial charge in [-0.25, -0.2) is 5.14 Å². The third-order valence-corrected chi connectivity index (χ3v) is 2.34. The fourth-order valence-electron chi connectivity index (χ4n) is 1.05. The minimum Gasteiger partial charge on any atom is -0.253 e. The topological polar surface area (TPSA) is 69.4 Å². The van der Waals surface area contributed by atoms with E-state index in [4.69, 9.17) is 11.6 Å². The van der Waals surface area contributed by atoms with Crippen LogP contribution in [0.25, 0.3) is 0 Å². The zero-order valence-corrected chi connectivity index (χ0v) is 9.73. The molecule has 96 valence electrons. The number of alkyl halides is 3. The van der Waals surface area contributed by atoms with Crippen molar-refractivity contribution in [3.63, 3.8) is 0 Å². The number of hydrogen-bond donors (Lipinski definition) is 1. The first-order valence-corrected chi connectivity index (χ1v) is 5.97. The third-order valence-electron chi connectivity index (χ3n) is 1.67. The lowest BCUT2D eigenvalue weighted by molar-refractivity contribution is -0.137. The van der Waals surface area contributed by atoms with Crippen LogP contribution < -0.4 is 5.14 Å². The van der Waals surface area contributed by atoms with E-state index in [1.54, 1.807) is 0 Å². The van der Waals surface area contributed by atoms with Gasteiger partial charge in [0.15, 0.2) is 0 Å². The number of halogens is 4. The number of nitrogens with two attached hydrogens (primary N) is 1. The minimum atomic E-state index is -4.57. The molecule has 0 radical (unpaired) electrons. The maximum absolute atomic E-state index is 12.4. The molecule has 1 aromatic rings. The highest BCUT2D eigenvalue weighted by Gasteiger charge is 2.31. The fraction of sp³-hybridized carbons (Fsp3) is 0.250. The second-order valence-corrected chi connectivity index (χ2v) is 4.76. The molecule has 0 saturated heterocycles. The van der Waals surface area contributed by atoms with Gasteiger partial charge in [-0.15, -0.1) is 0 Å². The lowest BCUT2D eigenvalue weighted by atomic mass is 10.1. The molecule has 9 heteroatoms. The predicted octanol–water partition coefficient (Wildman–Crippen LogP) is 2.08. The second kappa shape index (κ2) is 4.81. The van der Waals surface area contributed by atoms with Gasteiger partial charge in [0.05, 0.1) is 12.2 Å². The van der Waals surface area contributed by atoms with E-state index in [2.05, 4.69) is 9.32 Å². The quantitative estimate of drug-likeness (QED) is 0.926. The van der Waals surface area contributed by atoms with E-state index in [1.165, 1.54) is 0 Å². The van der Waals surface area contributed by atoms with Crippen LogP contribution in [0, 0.1) is 0 Å². The van der Waals surface area contributed by atoms with Crippen molar-refractivity contribution in [3.8, 4) is 0 Å². The molecule has 0 saturated carbocycles. The van der Waals surface area contributed by atoms with Crippen LogP contribution in [-0.2, 0) is 27.3 Å². The molecule has 0 spiro atoms. The molecule has 0 atom stereocenters. The van der Waals surface area contributed by atoms with Crippen LogP contribution in [0.15, 0.2) is 18.2 Å². The van der Waals surface area contributed by atoms with Crippen molar-refractivity contribution in [2.75, 3.05) is 0 Å². The van der Waals surface area contributed by atoms with E-state index < -0.39 is 28.7 Å². The normalized spacial score (nSPS) is 12.8. The zero-order valence-electron chi connectivity index (χ0n) is 8.16. The summed E-state index contributed by atoms with van der Waals surface area (Å²) in [5, 5.41) is 4.37. The smallest absolute Gasteiger partial charge is 0.253 e. The van der Waals surface area contributed by atoms with Gasteiger partial charge in [0.2, 0.25) is 0 Å². The van der Waals surface area contributed by atoms with Gasteiger partial charge in [-0.05, 0) is 23.8 Å². The van der Waals surface area contributed by atoms with Crippen molar-refractivity contribution in [1.29, 1.82) is 0 Å². The van der Waals surface area contributed by atoms with Crippen molar-refractivity contribution in [2.45, 2.75) is 12.8 Å². The number of benzene rings is 1. The molecule has 0 amide bonds. The molecule has 2 N–H and O–H groups in total. The average Bonchev–Trinajstić information content (AvgIpc) is 2.11. The molecule has 0 heterocycles. The molecule has 0 bridgehead atoms. The molecular formula is C8H7ClF3NO3S. The van der Waals surface area contributed by atoms with E-state index in [0.717, 1.165) is 18.2 Å². The van der Waals surface area contributed by atoms with Gasteiger partial charge in [-0.2, -0.15) is 21.6 Å². The van der Waals surface area contributed by atoms with E-state index in [9.17, 15) is 21.6 Å². The highest BCUT2D eigenvalue weighted by molar-refractivity contribution is 7.84. The molecule has 1 aromatic carbocycles. The molecule has 4 nitrogen and oxygen atoms in total. The Labute approximate surface area is 100 Å². The standard InChI is InChI=1S/C8H7ClF3NO3S/c9-7-2-5(4-16-17(13,14)15)1-6(3-7)8(10,11)12/h1-3H,4H2,(H2,13,14,15). The van der Waals surface area contributed by atoms with Gasteiger partial charge in [0, 0.05) is 5.02 Å². The van der Waals surface area contributed by atoms with Crippen LogP contribution in [0.5, 0.6) is 0 Å². The molecule has 0 fully saturated rings. The van der Waals surface area contributed by atoms with Crippen LogP contribution >= 0.6 is 11.6 Å². The Morgan fingerprint density at radius 3 is 2.35 bits per heavy atom. The number of rotatable bonds is 3. The summed E-state index contributed by atoms with van der Waals surface area (Å²) in [7, 11) is -4.21. The predicted molar refractivity (Wildman–Crippen MR) is 54.4 cm³/mol. The van der Waals surface area contributed by atoms with Gasteiger partial charge in [0.1, 0.15) is 0 Å². The van der Waals surface area contributed by atoms with Crippen molar-refractivity contribution in [1.82, 2.24) is 0 Å². The average molecular weight is 290 g/mol. The summed E-state index contributed by atoms with van der Waals surface area (Å²) in [6, 6.07) is 2.61. The maximum Gasteiger partial charge on any atom is 0.416 e. The lowest BCUT2D eigenvalue weighted by Crippen LogP contribution is -2.15. The first-order chi connectivity index (χ1) is 7.58. The minimum absolute atomic E-state index is 0.0427. The molecule has 0 unspecified atom stereocenters. The van der Waals surface area contributed by atoms with Crippen molar-refractivity contribution in [3.05, 3.63) is 34.3 Å². The van der Waals surface area contributed by atoms with Gasteiger partial charge in [-0.1, -0.05) is 11.6 Å². The van der Waals surface area contributed by atoms with E-state index in [1.807, 2.05) is 0 Å². The Morgan fingerprint density at radius 1 is 1.29 bits per heavy atom. The second-order valence-electron chi connectivity index (χ2n) is 3.10. The Kier molecular flexibility index (Phi) is 4.03. The van der Waals surface area contributed by atoms with Gasteiger partial charge >= 0.3 is 16.5 Å². The molecule has 0 aliphatic rings. The molecule has 1 rings (SSSR count). The van der Waals surface area contributed by atoms with Crippen LogP contribution in [0.2, 0.25) is 5.02 Å². The Morgan fingerprint density at radius 2 is 1.88 bits per heavy atom. The monoisotopic (exact) mass is 289 g/mol. The lowest BCUT2D eigenvalue weighted by Gasteiger charge is -2.09. The highest BCUT2D eigenvalue weighted by Crippen LogP contribution is 2.32. The highest BCUT2D eigenvalue weighted by atomic mass is 35.5. The third kappa shape index (κ3) is 4.90. The summed E-state index contributed by atoms with van der Waals surface area (Å²) in [6.45, 7) is -0.609. The number of hydrogen-bond acceptors (Lipinski definition) is 3. The summed E-state index contributed by atoms with van der Waals surface area (Å²) in [4.78, 5) is 0. The van der Waals surface area contributed by atoms with Crippen LogP contribution in [0.1, 0.15) is 11.1 Å². The molecular weight excluding hydrogens is 283 g/mol. The van der Waals surface area contributed by atoms with Crippen LogP contribution in [-0.4, -0.2) is 8.42 Å². The summed E-state index contributed by atoms with van der Waals surface area (Å²) in [5.74, 6) is 0. The molecule has 0 aromatic heterocycles. The van der Waals surface area contributed by atoms with Crippen molar-refractivity contribution in [2.24, 2.45) is 5.14 Å². The zero-order chi connectivity index (χ0) is 13.3. The van der Waals surface area contributed by atoms with Crippen LogP contribution in [0.4, 0.5) is 13.2 Å². The molecule has 0 aliphatic heterocycles. The summed E-state index contributed by atoms with van der Waals surface area (Å²) >= 11 is 5.47. The Hall–Kier alpha value is -0.830. The fourth-order valence-corrected chi connectivity index (χ4v) is 1.61. The van der Waals surface area contributed by atoms with Gasteiger partial charge in [0.25, 0.3) is 0 Å². The maximum atomic E-state index is 12.4. The summed E-state index contributed by atoms with van der Waals surface area (Å²) in [6.07, 6.45) is -4.57. The Bertz CT molecular complexity index is 515. The van der Waals surface area contributed by atoms with Crippen molar-refractivity contribution < 1.29 is 25.8 Å². The van der Waals surface area contributed by atoms with E-state index in [0.29, 0.717) is 0 Å². The van der Waals surface area contributed by atoms with E-state index >= 15 is 0 Å². The summed E-state index contributed by atoms with van der Waals surface area (Å²) in [5.41, 5.74) is -1.03. The molecule has 17 heavy (non-hydrogen) atoms. The van der Waals surface area contributed by atoms with Crippen LogP contribution in [0.3, 0.4) is 0 Å². The first-order valence-electron chi connectivity index (χ1n) is 4.12. The largest absolute Gasteiger partial charge is 0.416 e. The van der Waals surface area contributed by atoms with Gasteiger partial charge < -0.3 is 0 Å². The van der Waals surface area contributed by atoms with Gasteiger partial charge in [-0.3, -0.25) is 4.18 Å². The first kappa shape index (κ1) is 14.2.